The fourth-order valence-corrected chi connectivity index (χ4v) is 1.26. The topological polar surface area (TPSA) is 64.7 Å². The molecule has 4 nitrogen and oxygen atoms in total. The van der Waals surface area contributed by atoms with Crippen molar-refractivity contribution in [1.82, 2.24) is 0 Å². The number of hydrogen-bond donors (Lipinski definition) is 2. The van der Waals surface area contributed by atoms with E-state index < -0.39 is 0 Å². The Kier molecular flexibility index (Phi) is 1.98. The zero-order valence-corrected chi connectivity index (χ0v) is 7.06. The number of aliphatic hydroxyl groups excluding tert-OH is 1. The number of hydrogen-bond acceptors (Lipinski definition) is 4. The highest BCUT2D eigenvalue weighted by Gasteiger charge is 2.21. The number of nitrogen functional groups attached to an aromatic ring is 1. The van der Waals surface area contributed by atoms with Crippen molar-refractivity contribution >= 4 is 5.69 Å². The van der Waals surface area contributed by atoms with E-state index in [-0.39, 0.29) is 12.7 Å². The van der Waals surface area contributed by atoms with Gasteiger partial charge in [-0.15, -0.1) is 0 Å². The van der Waals surface area contributed by atoms with E-state index in [1.165, 1.54) is 0 Å². The monoisotopic (exact) mass is 181 g/mol. The molecule has 0 spiro atoms. The maximum Gasteiger partial charge on any atom is 0.184 e. The summed E-state index contributed by atoms with van der Waals surface area (Å²) in [5, 5.41) is 8.85. The number of aliphatic hydroxyl groups is 1. The Bertz CT molecular complexity index is 314. The largest absolute Gasteiger partial charge is 0.484 e. The third-order valence-corrected chi connectivity index (χ3v) is 1.92. The van der Waals surface area contributed by atoms with Crippen LogP contribution in [0.3, 0.4) is 0 Å². The number of para-hydroxylation sites is 1. The highest BCUT2D eigenvalue weighted by molar-refractivity contribution is 5.60. The van der Waals surface area contributed by atoms with Crippen molar-refractivity contribution in [3.05, 3.63) is 18.2 Å². The third kappa shape index (κ3) is 1.40. The summed E-state index contributed by atoms with van der Waals surface area (Å²) in [5.41, 5.74) is 6.22. The first-order chi connectivity index (χ1) is 6.31. The molecule has 1 aromatic rings. The van der Waals surface area contributed by atoms with Crippen LogP contribution < -0.4 is 15.2 Å². The van der Waals surface area contributed by atoms with E-state index in [0.717, 1.165) is 0 Å². The van der Waals surface area contributed by atoms with Gasteiger partial charge in [0.2, 0.25) is 0 Å². The molecular weight excluding hydrogens is 170 g/mol. The van der Waals surface area contributed by atoms with E-state index in [2.05, 4.69) is 0 Å². The first-order valence-corrected chi connectivity index (χ1v) is 4.10. The Labute approximate surface area is 75.9 Å². The van der Waals surface area contributed by atoms with E-state index in [9.17, 15) is 0 Å². The van der Waals surface area contributed by atoms with Crippen LogP contribution in [-0.4, -0.2) is 24.4 Å². The van der Waals surface area contributed by atoms with Gasteiger partial charge in [0.05, 0.1) is 12.3 Å². The summed E-state index contributed by atoms with van der Waals surface area (Å²) in [4.78, 5) is 0. The lowest BCUT2D eigenvalue weighted by atomic mass is 10.2. The minimum Gasteiger partial charge on any atom is -0.484 e. The summed E-state index contributed by atoms with van der Waals surface area (Å²) in [5.74, 6) is 1.18. The molecule has 1 aliphatic heterocycles. The quantitative estimate of drug-likeness (QED) is 0.615. The fraction of sp³-hybridized carbons (Fsp3) is 0.333. The fourth-order valence-electron chi connectivity index (χ4n) is 1.26. The normalized spacial score (nSPS) is 19.9. The maximum atomic E-state index is 8.85. The second kappa shape index (κ2) is 3.14. The smallest absolute Gasteiger partial charge is 0.184 e. The number of nitrogens with two attached hydrogens (primary N) is 1. The van der Waals surface area contributed by atoms with E-state index in [1.54, 1.807) is 18.2 Å². The van der Waals surface area contributed by atoms with Crippen LogP contribution in [0.25, 0.3) is 0 Å². The number of benzene rings is 1. The molecule has 1 heterocycles. The molecule has 1 atom stereocenters. The van der Waals surface area contributed by atoms with Gasteiger partial charge in [-0.3, -0.25) is 0 Å². The lowest BCUT2D eigenvalue weighted by Gasteiger charge is -2.25. The van der Waals surface area contributed by atoms with Crippen LogP contribution in [0.1, 0.15) is 0 Å². The van der Waals surface area contributed by atoms with Crippen molar-refractivity contribution in [1.29, 1.82) is 0 Å². The molecular formula is C9H11NO3. The van der Waals surface area contributed by atoms with Crippen molar-refractivity contribution in [2.45, 2.75) is 6.10 Å². The number of fused-ring (bicyclic) bond motifs is 1. The van der Waals surface area contributed by atoms with E-state index in [0.29, 0.717) is 23.8 Å². The molecule has 0 fully saturated rings. The Morgan fingerprint density at radius 2 is 2.38 bits per heavy atom. The van der Waals surface area contributed by atoms with Gasteiger partial charge in [-0.05, 0) is 12.1 Å². The lowest BCUT2D eigenvalue weighted by Crippen LogP contribution is -2.32. The van der Waals surface area contributed by atoms with Crippen LogP contribution in [0, 0.1) is 0 Å². The third-order valence-electron chi connectivity index (χ3n) is 1.92. The molecule has 0 unspecified atom stereocenters. The molecule has 3 N–H and O–H groups in total. The summed E-state index contributed by atoms with van der Waals surface area (Å²) in [6.07, 6.45) is -0.283. The Morgan fingerprint density at radius 1 is 1.54 bits per heavy atom. The Morgan fingerprint density at radius 3 is 3.15 bits per heavy atom. The van der Waals surface area contributed by atoms with Crippen molar-refractivity contribution in [2.24, 2.45) is 0 Å². The van der Waals surface area contributed by atoms with Gasteiger partial charge in [-0.2, -0.15) is 0 Å². The molecule has 13 heavy (non-hydrogen) atoms. The van der Waals surface area contributed by atoms with Crippen molar-refractivity contribution < 1.29 is 14.6 Å². The molecule has 0 radical (unpaired) electrons. The van der Waals surface area contributed by atoms with Crippen LogP contribution in [0.15, 0.2) is 18.2 Å². The summed E-state index contributed by atoms with van der Waals surface area (Å²) in [7, 11) is 0. The second-order valence-corrected chi connectivity index (χ2v) is 2.91. The van der Waals surface area contributed by atoms with Gasteiger partial charge in [0.15, 0.2) is 17.6 Å². The molecule has 0 bridgehead atoms. The van der Waals surface area contributed by atoms with E-state index in [4.69, 9.17) is 20.3 Å². The van der Waals surface area contributed by atoms with Crippen LogP contribution in [0.5, 0.6) is 11.5 Å². The van der Waals surface area contributed by atoms with Gasteiger partial charge in [0.25, 0.3) is 0 Å². The van der Waals surface area contributed by atoms with E-state index in [1.807, 2.05) is 0 Å². The molecule has 0 aliphatic carbocycles. The zero-order valence-electron chi connectivity index (χ0n) is 7.06. The highest BCUT2D eigenvalue weighted by Crippen LogP contribution is 2.36. The zero-order chi connectivity index (χ0) is 9.26. The first-order valence-electron chi connectivity index (χ1n) is 4.10. The summed E-state index contributed by atoms with van der Waals surface area (Å²) in [6.45, 7) is 0.298. The number of ether oxygens (including phenoxy) is 2. The Hall–Kier alpha value is -1.42. The van der Waals surface area contributed by atoms with Crippen LogP contribution in [0.4, 0.5) is 5.69 Å². The van der Waals surface area contributed by atoms with Gasteiger partial charge in [0, 0.05) is 0 Å². The standard InChI is InChI=1S/C9H11NO3/c10-7-2-1-3-8-9(7)12-5-6(4-11)13-8/h1-3,6,11H,4-5,10H2/t6-/m1/s1. The molecule has 4 heteroatoms. The average Bonchev–Trinajstić information content (AvgIpc) is 2.18. The van der Waals surface area contributed by atoms with Crippen LogP contribution >= 0.6 is 0 Å². The molecule has 70 valence electrons. The van der Waals surface area contributed by atoms with Crippen molar-refractivity contribution in [3.8, 4) is 11.5 Å². The van der Waals surface area contributed by atoms with E-state index >= 15 is 0 Å². The molecule has 1 aliphatic rings. The summed E-state index contributed by atoms with van der Waals surface area (Å²) < 4.78 is 10.8. The molecule has 0 saturated heterocycles. The first kappa shape index (κ1) is 8.19. The Balaban J connectivity index is 2.31. The molecule has 0 aromatic heterocycles. The molecule has 0 saturated carbocycles. The summed E-state index contributed by atoms with van der Waals surface area (Å²) >= 11 is 0. The SMILES string of the molecule is Nc1cccc2c1OC[C@@H](CO)O2. The minimum absolute atomic E-state index is 0.0474. The van der Waals surface area contributed by atoms with Gasteiger partial charge in [-0.25, -0.2) is 0 Å². The second-order valence-electron chi connectivity index (χ2n) is 2.91. The maximum absolute atomic E-state index is 8.85. The van der Waals surface area contributed by atoms with Crippen molar-refractivity contribution in [3.63, 3.8) is 0 Å². The molecule has 1 aromatic carbocycles. The van der Waals surface area contributed by atoms with Gasteiger partial charge in [-0.1, -0.05) is 6.07 Å². The highest BCUT2D eigenvalue weighted by atomic mass is 16.6. The van der Waals surface area contributed by atoms with Gasteiger partial charge < -0.3 is 20.3 Å². The number of anilines is 1. The predicted molar refractivity (Wildman–Crippen MR) is 47.9 cm³/mol. The van der Waals surface area contributed by atoms with Gasteiger partial charge in [0.1, 0.15) is 6.61 Å². The molecule has 0 amide bonds. The van der Waals surface area contributed by atoms with Crippen LogP contribution in [-0.2, 0) is 0 Å². The number of rotatable bonds is 1. The van der Waals surface area contributed by atoms with Crippen molar-refractivity contribution in [2.75, 3.05) is 18.9 Å². The minimum atomic E-state index is -0.283. The van der Waals surface area contributed by atoms with Gasteiger partial charge >= 0.3 is 0 Å². The summed E-state index contributed by atoms with van der Waals surface area (Å²) in [6, 6.07) is 5.31. The molecule has 2 rings (SSSR count). The van der Waals surface area contributed by atoms with Crippen LogP contribution in [0.2, 0.25) is 0 Å². The lowest BCUT2D eigenvalue weighted by molar-refractivity contribution is 0.0462. The average molecular weight is 181 g/mol. The predicted octanol–water partition coefficient (Wildman–Crippen LogP) is 0.401.